The summed E-state index contributed by atoms with van der Waals surface area (Å²) in [5.74, 6) is 0. The number of nitrogens with one attached hydrogen (secondary N) is 2. The lowest BCUT2D eigenvalue weighted by Gasteiger charge is -2.30. The minimum absolute atomic E-state index is 0.311. The third kappa shape index (κ3) is 5.05. The van der Waals surface area contributed by atoms with Gasteiger partial charge in [0.2, 0.25) is 0 Å². The van der Waals surface area contributed by atoms with Crippen LogP contribution in [0, 0.1) is 0 Å². The van der Waals surface area contributed by atoms with Gasteiger partial charge in [-0.15, -0.1) is 0 Å². The van der Waals surface area contributed by atoms with Gasteiger partial charge in [0.15, 0.2) is 0 Å². The molecule has 0 amide bonds. The fourth-order valence-electron chi connectivity index (χ4n) is 4.03. The average molecular weight is 434 g/mol. The molecule has 0 unspecified atom stereocenters. The highest BCUT2D eigenvalue weighted by molar-refractivity contribution is 6.31. The van der Waals surface area contributed by atoms with Crippen LogP contribution in [0.5, 0.6) is 0 Å². The Morgan fingerprint density at radius 3 is 2.50 bits per heavy atom. The predicted octanol–water partition coefficient (Wildman–Crippen LogP) is 6.42. The smallest absolute Gasteiger partial charge is 0.382 e. The zero-order valence-electron chi connectivity index (χ0n) is 16.3. The first-order valence-corrected chi connectivity index (χ1v) is 10.5. The zero-order valence-corrected chi connectivity index (χ0v) is 17.1. The van der Waals surface area contributed by atoms with Crippen molar-refractivity contribution < 1.29 is 13.2 Å². The minimum Gasteiger partial charge on any atom is -0.382 e. The summed E-state index contributed by atoms with van der Waals surface area (Å²) in [5.41, 5.74) is 1.98. The standard InChI is InChI=1S/C23H23ClF3N3/c24-17-4-9-20-21(10-11-28-22(20)13-17)30-19-7-5-18(6-8-19)29-14-15-2-1-3-16(12-15)23(25,26)27/h1-4,9-13,18-19,29H,5-8,14H2,(H,28,30). The Bertz CT molecular complexity index is 1010. The van der Waals surface area contributed by atoms with E-state index in [1.54, 1.807) is 12.3 Å². The Labute approximate surface area is 178 Å². The van der Waals surface area contributed by atoms with Gasteiger partial charge in [-0.1, -0.05) is 29.8 Å². The molecule has 3 nitrogen and oxygen atoms in total. The molecule has 2 aromatic carbocycles. The molecule has 3 aromatic rings. The number of hydrogen-bond acceptors (Lipinski definition) is 3. The molecule has 7 heteroatoms. The highest BCUT2D eigenvalue weighted by atomic mass is 35.5. The van der Waals surface area contributed by atoms with Crippen molar-refractivity contribution in [3.05, 3.63) is 70.9 Å². The second-order valence-corrected chi connectivity index (χ2v) is 8.23. The van der Waals surface area contributed by atoms with Crippen LogP contribution in [0.4, 0.5) is 18.9 Å². The van der Waals surface area contributed by atoms with E-state index >= 15 is 0 Å². The van der Waals surface area contributed by atoms with E-state index in [9.17, 15) is 13.2 Å². The largest absolute Gasteiger partial charge is 0.416 e. The summed E-state index contributed by atoms with van der Waals surface area (Å²) in [6, 6.07) is 13.9. The first-order chi connectivity index (χ1) is 14.4. The summed E-state index contributed by atoms with van der Waals surface area (Å²) < 4.78 is 38.6. The molecule has 1 aromatic heterocycles. The maximum absolute atomic E-state index is 12.9. The van der Waals surface area contributed by atoms with Crippen LogP contribution in [0.15, 0.2) is 54.7 Å². The van der Waals surface area contributed by atoms with Crippen molar-refractivity contribution in [2.45, 2.75) is 50.5 Å². The summed E-state index contributed by atoms with van der Waals surface area (Å²) >= 11 is 6.06. The van der Waals surface area contributed by atoms with Gasteiger partial charge < -0.3 is 10.6 Å². The molecule has 0 radical (unpaired) electrons. The van der Waals surface area contributed by atoms with Crippen LogP contribution < -0.4 is 10.6 Å². The van der Waals surface area contributed by atoms with Crippen LogP contribution >= 0.6 is 11.6 Å². The second kappa shape index (κ2) is 8.82. The Balaban J connectivity index is 1.31. The Kier molecular flexibility index (Phi) is 6.16. The predicted molar refractivity (Wildman–Crippen MR) is 115 cm³/mol. The first-order valence-electron chi connectivity index (χ1n) is 10.1. The van der Waals surface area contributed by atoms with Gasteiger partial charge in [0, 0.05) is 40.9 Å². The summed E-state index contributed by atoms with van der Waals surface area (Å²) in [4.78, 5) is 4.38. The molecule has 30 heavy (non-hydrogen) atoms. The molecule has 1 fully saturated rings. The number of benzene rings is 2. The topological polar surface area (TPSA) is 37.0 Å². The monoisotopic (exact) mass is 433 g/mol. The van der Waals surface area contributed by atoms with E-state index in [0.717, 1.165) is 48.3 Å². The number of aromatic nitrogens is 1. The van der Waals surface area contributed by atoms with E-state index in [4.69, 9.17) is 11.6 Å². The number of halogens is 4. The second-order valence-electron chi connectivity index (χ2n) is 7.79. The third-order valence-corrected chi connectivity index (χ3v) is 5.88. The van der Waals surface area contributed by atoms with Gasteiger partial charge in [0.25, 0.3) is 0 Å². The molecule has 0 saturated heterocycles. The van der Waals surface area contributed by atoms with Gasteiger partial charge in [0.1, 0.15) is 0 Å². The lowest BCUT2D eigenvalue weighted by molar-refractivity contribution is -0.137. The van der Waals surface area contributed by atoms with Crippen molar-refractivity contribution in [2.24, 2.45) is 0 Å². The molecule has 158 valence electrons. The summed E-state index contributed by atoms with van der Waals surface area (Å²) in [7, 11) is 0. The molecule has 1 saturated carbocycles. The highest BCUT2D eigenvalue weighted by Gasteiger charge is 2.30. The summed E-state index contributed by atoms with van der Waals surface area (Å²) in [6.45, 7) is 0.447. The van der Waals surface area contributed by atoms with Crippen LogP contribution in [0.2, 0.25) is 5.02 Å². The van der Waals surface area contributed by atoms with Gasteiger partial charge >= 0.3 is 6.18 Å². The van der Waals surface area contributed by atoms with Crippen LogP contribution in [-0.2, 0) is 12.7 Å². The Morgan fingerprint density at radius 2 is 1.73 bits per heavy atom. The average Bonchev–Trinajstić information content (AvgIpc) is 2.73. The van der Waals surface area contributed by atoms with Crippen molar-refractivity contribution in [3.63, 3.8) is 0 Å². The maximum Gasteiger partial charge on any atom is 0.416 e. The van der Waals surface area contributed by atoms with Crippen molar-refractivity contribution in [1.82, 2.24) is 10.3 Å². The van der Waals surface area contributed by atoms with Crippen molar-refractivity contribution in [1.29, 1.82) is 0 Å². The molecule has 0 bridgehead atoms. The van der Waals surface area contributed by atoms with E-state index in [1.165, 1.54) is 12.1 Å². The number of pyridine rings is 1. The van der Waals surface area contributed by atoms with Gasteiger partial charge in [-0.25, -0.2) is 0 Å². The number of anilines is 1. The molecule has 0 aliphatic heterocycles. The quantitative estimate of drug-likeness (QED) is 0.487. The van der Waals surface area contributed by atoms with Crippen LogP contribution in [0.3, 0.4) is 0 Å². The highest BCUT2D eigenvalue weighted by Crippen LogP contribution is 2.30. The number of rotatable bonds is 5. The van der Waals surface area contributed by atoms with E-state index in [2.05, 4.69) is 15.6 Å². The molecular weight excluding hydrogens is 411 g/mol. The van der Waals surface area contributed by atoms with Gasteiger partial charge in [-0.05, 0) is 61.6 Å². The minimum atomic E-state index is -4.30. The molecular formula is C23H23ClF3N3. The van der Waals surface area contributed by atoms with E-state index in [-0.39, 0.29) is 0 Å². The third-order valence-electron chi connectivity index (χ3n) is 5.64. The zero-order chi connectivity index (χ0) is 21.1. The molecule has 2 N–H and O–H groups in total. The molecule has 1 aliphatic rings. The van der Waals surface area contributed by atoms with Crippen molar-refractivity contribution in [3.8, 4) is 0 Å². The van der Waals surface area contributed by atoms with Crippen LogP contribution in [0.1, 0.15) is 36.8 Å². The molecule has 0 spiro atoms. The summed E-state index contributed by atoms with van der Waals surface area (Å²) in [6.07, 6.45) is 1.43. The summed E-state index contributed by atoms with van der Waals surface area (Å²) in [5, 5.41) is 8.76. The van der Waals surface area contributed by atoms with E-state index < -0.39 is 11.7 Å². The normalized spacial score (nSPS) is 19.7. The molecule has 4 rings (SSSR count). The fraction of sp³-hybridized carbons (Fsp3) is 0.348. The maximum atomic E-state index is 12.9. The van der Waals surface area contributed by atoms with Crippen molar-refractivity contribution in [2.75, 3.05) is 5.32 Å². The van der Waals surface area contributed by atoms with Gasteiger partial charge in [-0.2, -0.15) is 13.2 Å². The van der Waals surface area contributed by atoms with Gasteiger partial charge in [-0.3, -0.25) is 4.98 Å². The molecule has 0 atom stereocenters. The molecule has 1 aliphatic carbocycles. The van der Waals surface area contributed by atoms with E-state index in [0.29, 0.717) is 29.2 Å². The molecule has 1 heterocycles. The lowest BCUT2D eigenvalue weighted by atomic mass is 9.90. The SMILES string of the molecule is FC(F)(F)c1cccc(CNC2CCC(Nc3ccnc4cc(Cl)ccc34)CC2)c1. The van der Waals surface area contributed by atoms with Crippen molar-refractivity contribution >= 4 is 28.2 Å². The Morgan fingerprint density at radius 1 is 0.967 bits per heavy atom. The number of nitrogens with zero attached hydrogens (tertiary/aromatic N) is 1. The lowest BCUT2D eigenvalue weighted by Crippen LogP contribution is -2.36. The number of alkyl halides is 3. The van der Waals surface area contributed by atoms with E-state index in [1.807, 2.05) is 24.3 Å². The van der Waals surface area contributed by atoms with Crippen LogP contribution in [-0.4, -0.2) is 17.1 Å². The Hall–Kier alpha value is -2.31. The van der Waals surface area contributed by atoms with Crippen LogP contribution in [0.25, 0.3) is 10.9 Å². The fourth-order valence-corrected chi connectivity index (χ4v) is 4.20. The first kappa shape index (κ1) is 20.9. The number of fused-ring (bicyclic) bond motifs is 1. The van der Waals surface area contributed by atoms with Gasteiger partial charge in [0.05, 0.1) is 11.1 Å². The number of hydrogen-bond donors (Lipinski definition) is 2.